The van der Waals surface area contributed by atoms with E-state index < -0.39 is 0 Å². The van der Waals surface area contributed by atoms with Gasteiger partial charge >= 0.3 is 0 Å². The van der Waals surface area contributed by atoms with E-state index in [-0.39, 0.29) is 24.0 Å². The van der Waals surface area contributed by atoms with Crippen LogP contribution in [0.3, 0.4) is 0 Å². The van der Waals surface area contributed by atoms with Crippen LogP contribution in [0.15, 0.2) is 39.8 Å². The van der Waals surface area contributed by atoms with Crippen molar-refractivity contribution in [1.82, 2.24) is 0 Å². The molecule has 0 atom stereocenters. The Bertz CT molecular complexity index is 790. The summed E-state index contributed by atoms with van der Waals surface area (Å²) in [5.41, 5.74) is 1.64. The summed E-state index contributed by atoms with van der Waals surface area (Å²) >= 11 is 3.31. The number of carbonyl (C=O) groups excluding carboxylic acids is 1. The number of halogens is 1. The maximum absolute atomic E-state index is 11.9. The van der Waals surface area contributed by atoms with Crippen LogP contribution in [0.25, 0.3) is 0 Å². The molecule has 2 aromatic rings. The molecule has 0 unspecified atom stereocenters. The van der Waals surface area contributed by atoms with Gasteiger partial charge in [0.25, 0.3) is 0 Å². The highest BCUT2D eigenvalue weighted by atomic mass is 79.9. The molecule has 7 heteroatoms. The summed E-state index contributed by atoms with van der Waals surface area (Å²) in [5.74, 6) is -0.130. The lowest BCUT2D eigenvalue weighted by Crippen LogP contribution is -2.15. The molecular formula is C17H17BrN2O4. The normalized spacial score (nSPS) is 10.8. The minimum atomic E-state index is -0.383. The Kier molecular flexibility index (Phi) is 5.81. The second-order valence-corrected chi connectivity index (χ2v) is 6.00. The van der Waals surface area contributed by atoms with E-state index in [2.05, 4.69) is 26.2 Å². The van der Waals surface area contributed by atoms with Crippen LogP contribution in [0, 0.1) is 6.92 Å². The van der Waals surface area contributed by atoms with E-state index in [1.165, 1.54) is 13.3 Å². The van der Waals surface area contributed by atoms with E-state index in [1.807, 2.05) is 6.92 Å². The molecule has 0 saturated carbocycles. The third-order valence-electron chi connectivity index (χ3n) is 3.18. The van der Waals surface area contributed by atoms with Crippen molar-refractivity contribution in [2.45, 2.75) is 6.92 Å². The zero-order chi connectivity index (χ0) is 17.7. The number of nitrogens with zero attached hydrogens (tertiary/aromatic N) is 1. The van der Waals surface area contributed by atoms with Gasteiger partial charge in [-0.15, -0.1) is 0 Å². The van der Waals surface area contributed by atoms with E-state index in [0.29, 0.717) is 21.5 Å². The van der Waals surface area contributed by atoms with E-state index in [9.17, 15) is 15.0 Å². The van der Waals surface area contributed by atoms with E-state index in [0.717, 1.165) is 5.56 Å². The number of phenols is 2. The predicted octanol–water partition coefficient (Wildman–Crippen LogP) is 3.23. The topological polar surface area (TPSA) is 91.2 Å². The highest BCUT2D eigenvalue weighted by molar-refractivity contribution is 9.10. The Morgan fingerprint density at radius 1 is 1.33 bits per heavy atom. The number of ether oxygens (including phenoxy) is 1. The van der Waals surface area contributed by atoms with E-state index >= 15 is 0 Å². The summed E-state index contributed by atoms with van der Waals surface area (Å²) < 4.78 is 5.76. The summed E-state index contributed by atoms with van der Waals surface area (Å²) in [7, 11) is 1.45. The number of aromatic hydroxyl groups is 2. The van der Waals surface area contributed by atoms with Crippen molar-refractivity contribution < 1.29 is 19.7 Å². The Morgan fingerprint density at radius 3 is 2.75 bits per heavy atom. The third-order valence-corrected chi connectivity index (χ3v) is 3.64. The first-order valence-electron chi connectivity index (χ1n) is 7.06. The zero-order valence-electron chi connectivity index (χ0n) is 13.2. The second kappa shape index (κ2) is 7.83. The maximum Gasteiger partial charge on any atom is 0.246 e. The zero-order valence-corrected chi connectivity index (χ0v) is 14.8. The Hall–Kier alpha value is -2.54. The molecule has 0 radical (unpaired) electrons. The smallest absolute Gasteiger partial charge is 0.246 e. The Balaban J connectivity index is 2.04. The van der Waals surface area contributed by atoms with Crippen molar-refractivity contribution in [1.29, 1.82) is 0 Å². The van der Waals surface area contributed by atoms with Crippen molar-refractivity contribution in [2.24, 2.45) is 4.99 Å². The monoisotopic (exact) mass is 392 g/mol. The standard InChI is InChI=1S/C17H17BrN2O4/c1-10-3-4-13(14(21)5-10)20-16(22)9-19-8-11-6-12(18)7-15(24-2)17(11)23/h3-8,21,23H,9H2,1-2H3,(H,20,22). The Morgan fingerprint density at radius 2 is 2.08 bits per heavy atom. The van der Waals surface area contributed by atoms with Gasteiger partial charge in [-0.3, -0.25) is 9.79 Å². The fourth-order valence-electron chi connectivity index (χ4n) is 2.01. The summed E-state index contributed by atoms with van der Waals surface area (Å²) in [6, 6.07) is 8.25. The molecule has 3 N–H and O–H groups in total. The first-order valence-corrected chi connectivity index (χ1v) is 7.86. The number of carbonyl (C=O) groups is 1. The molecule has 2 rings (SSSR count). The van der Waals surface area contributed by atoms with Crippen LogP contribution in [-0.2, 0) is 4.79 Å². The minimum absolute atomic E-state index is 0.00157. The highest BCUT2D eigenvalue weighted by Crippen LogP contribution is 2.32. The molecule has 0 aromatic heterocycles. The number of hydrogen-bond acceptors (Lipinski definition) is 5. The van der Waals surface area contributed by atoms with Crippen molar-refractivity contribution in [2.75, 3.05) is 19.0 Å². The van der Waals surface area contributed by atoms with Gasteiger partial charge in [-0.1, -0.05) is 22.0 Å². The summed E-state index contributed by atoms with van der Waals surface area (Å²) in [4.78, 5) is 15.9. The number of amides is 1. The molecule has 0 aliphatic rings. The summed E-state index contributed by atoms with van der Waals surface area (Å²) in [6.45, 7) is 1.69. The van der Waals surface area contributed by atoms with Crippen molar-refractivity contribution >= 4 is 33.7 Å². The average Bonchev–Trinajstić information content (AvgIpc) is 2.53. The number of rotatable bonds is 5. The third kappa shape index (κ3) is 4.48. The number of methoxy groups -OCH3 is 1. The molecular weight excluding hydrogens is 376 g/mol. The number of aliphatic imine (C=N–C) groups is 1. The van der Waals surface area contributed by atoms with Crippen LogP contribution in [-0.4, -0.2) is 36.0 Å². The van der Waals surface area contributed by atoms with Crippen LogP contribution in [0.1, 0.15) is 11.1 Å². The fraction of sp³-hybridized carbons (Fsp3) is 0.176. The number of nitrogens with one attached hydrogen (secondary N) is 1. The molecule has 24 heavy (non-hydrogen) atoms. The molecule has 1 amide bonds. The van der Waals surface area contributed by atoms with Gasteiger partial charge in [-0.05, 0) is 36.8 Å². The van der Waals surface area contributed by atoms with E-state index in [4.69, 9.17) is 4.74 Å². The predicted molar refractivity (Wildman–Crippen MR) is 96.3 cm³/mol. The van der Waals surface area contributed by atoms with Gasteiger partial charge in [0.05, 0.1) is 12.8 Å². The number of phenolic OH excluding ortho intramolecular Hbond substituents is 2. The van der Waals surface area contributed by atoms with Crippen molar-refractivity contribution in [3.63, 3.8) is 0 Å². The Labute approximate surface area is 147 Å². The van der Waals surface area contributed by atoms with Gasteiger partial charge in [0, 0.05) is 16.3 Å². The lowest BCUT2D eigenvalue weighted by Gasteiger charge is -2.07. The maximum atomic E-state index is 11.9. The van der Waals surface area contributed by atoms with Crippen LogP contribution >= 0.6 is 15.9 Å². The van der Waals surface area contributed by atoms with Gasteiger partial charge in [0.15, 0.2) is 11.5 Å². The fourth-order valence-corrected chi connectivity index (χ4v) is 2.47. The van der Waals surface area contributed by atoms with Crippen molar-refractivity contribution in [3.05, 3.63) is 45.9 Å². The van der Waals surface area contributed by atoms with Gasteiger partial charge in [-0.25, -0.2) is 0 Å². The first-order chi connectivity index (χ1) is 11.4. The molecule has 6 nitrogen and oxygen atoms in total. The number of hydrogen-bond donors (Lipinski definition) is 3. The SMILES string of the molecule is COc1cc(Br)cc(C=NCC(=O)Nc2ccc(C)cc2O)c1O. The van der Waals surface area contributed by atoms with Crippen molar-refractivity contribution in [3.8, 4) is 17.2 Å². The molecule has 0 spiro atoms. The van der Waals surface area contributed by atoms with Gasteiger partial charge in [0.2, 0.25) is 5.91 Å². The minimum Gasteiger partial charge on any atom is -0.506 e. The number of anilines is 1. The molecule has 0 aliphatic heterocycles. The molecule has 0 saturated heterocycles. The van der Waals surface area contributed by atoms with Gasteiger partial charge < -0.3 is 20.3 Å². The molecule has 126 valence electrons. The summed E-state index contributed by atoms with van der Waals surface area (Å²) in [5, 5.41) is 22.3. The first kappa shape index (κ1) is 17.8. The van der Waals surface area contributed by atoms with Crippen LogP contribution in [0.4, 0.5) is 5.69 Å². The average molecular weight is 393 g/mol. The number of aryl methyl sites for hydroxylation is 1. The van der Waals surface area contributed by atoms with Crippen LogP contribution in [0.5, 0.6) is 17.2 Å². The number of benzene rings is 2. The van der Waals surface area contributed by atoms with Gasteiger partial charge in [0.1, 0.15) is 12.3 Å². The lowest BCUT2D eigenvalue weighted by atomic mass is 10.2. The van der Waals surface area contributed by atoms with Crippen LogP contribution < -0.4 is 10.1 Å². The largest absolute Gasteiger partial charge is 0.506 e. The molecule has 0 aliphatic carbocycles. The molecule has 0 heterocycles. The van der Waals surface area contributed by atoms with Crippen LogP contribution in [0.2, 0.25) is 0 Å². The van der Waals surface area contributed by atoms with Gasteiger partial charge in [-0.2, -0.15) is 0 Å². The summed E-state index contributed by atoms with van der Waals surface area (Å²) in [6.07, 6.45) is 1.39. The quantitative estimate of drug-likeness (QED) is 0.537. The second-order valence-electron chi connectivity index (χ2n) is 5.08. The lowest BCUT2D eigenvalue weighted by molar-refractivity contribution is -0.114. The highest BCUT2D eigenvalue weighted by Gasteiger charge is 2.09. The molecule has 0 bridgehead atoms. The molecule has 0 fully saturated rings. The van der Waals surface area contributed by atoms with E-state index in [1.54, 1.807) is 30.3 Å². The molecule has 2 aromatic carbocycles.